The molecule has 1 aliphatic heterocycles. The van der Waals surface area contributed by atoms with Crippen LogP contribution >= 0.6 is 0 Å². The van der Waals surface area contributed by atoms with Crippen molar-refractivity contribution in [2.45, 2.75) is 31.6 Å². The maximum Gasteiger partial charge on any atom is 0.451 e. The number of carbonyl (C=O) groups excluding carboxylic acids is 1. The highest BCUT2D eigenvalue weighted by atomic mass is 19.4. The molecule has 2 aromatic heterocycles. The van der Waals surface area contributed by atoms with Crippen molar-refractivity contribution in [3.63, 3.8) is 0 Å². The molecule has 1 fully saturated rings. The number of esters is 1. The van der Waals surface area contributed by atoms with Crippen molar-refractivity contribution >= 4 is 5.97 Å². The molecule has 0 radical (unpaired) electrons. The number of methoxy groups -OCH3 is 1. The smallest absolute Gasteiger partial charge is 0.451 e. The highest BCUT2D eigenvalue weighted by molar-refractivity contribution is 5.86. The van der Waals surface area contributed by atoms with Crippen LogP contribution in [0.2, 0.25) is 0 Å². The molecular weight excluding hydrogens is 369 g/mol. The lowest BCUT2D eigenvalue weighted by Gasteiger charge is -2.30. The minimum atomic E-state index is -4.67. The normalized spacial score (nSPS) is 16.6. The van der Waals surface area contributed by atoms with E-state index in [1.54, 1.807) is 6.07 Å². The molecule has 0 N–H and O–H groups in total. The Bertz CT molecular complexity index is 875. The standard InChI is InChI=1S/C16H19F3N4O4/c1-21-14(16(17,18)19)20-23(15(21)25)10-5-7-22(8-6-10)9-11-3-4-12(27-11)13(24)26-2/h3-4,10H,5-9H2,1-2H3. The molecule has 11 heteroatoms. The number of ether oxygens (including phenoxy) is 1. The fourth-order valence-electron chi connectivity index (χ4n) is 3.16. The average molecular weight is 388 g/mol. The Morgan fingerprint density at radius 2 is 2.00 bits per heavy atom. The van der Waals surface area contributed by atoms with Crippen molar-refractivity contribution in [1.82, 2.24) is 19.2 Å². The van der Waals surface area contributed by atoms with E-state index < -0.39 is 29.7 Å². The number of halogens is 3. The maximum absolute atomic E-state index is 12.9. The minimum absolute atomic E-state index is 0.113. The van der Waals surface area contributed by atoms with Crippen molar-refractivity contribution < 1.29 is 27.1 Å². The number of aromatic nitrogens is 3. The van der Waals surface area contributed by atoms with Gasteiger partial charge in [0.2, 0.25) is 11.6 Å². The molecule has 1 saturated heterocycles. The lowest BCUT2D eigenvalue weighted by Crippen LogP contribution is -2.37. The van der Waals surface area contributed by atoms with Crippen LogP contribution in [0.1, 0.15) is 41.0 Å². The van der Waals surface area contributed by atoms with E-state index in [4.69, 9.17) is 4.42 Å². The summed E-state index contributed by atoms with van der Waals surface area (Å²) in [6.07, 6.45) is -3.70. The molecule has 8 nitrogen and oxygen atoms in total. The van der Waals surface area contributed by atoms with E-state index in [1.807, 2.05) is 4.90 Å². The van der Waals surface area contributed by atoms with Crippen LogP contribution in [-0.4, -0.2) is 45.4 Å². The third-order valence-corrected chi connectivity index (χ3v) is 4.59. The van der Waals surface area contributed by atoms with Crippen LogP contribution in [0.15, 0.2) is 21.3 Å². The topological polar surface area (TPSA) is 82.5 Å². The summed E-state index contributed by atoms with van der Waals surface area (Å²) in [6.45, 7) is 1.57. The number of likely N-dealkylation sites (tertiary alicyclic amines) is 1. The second kappa shape index (κ2) is 7.22. The number of hydrogen-bond acceptors (Lipinski definition) is 6. The number of piperidine rings is 1. The van der Waals surface area contributed by atoms with E-state index in [0.29, 0.717) is 42.8 Å². The fraction of sp³-hybridized carbons (Fsp3) is 0.562. The number of carbonyl (C=O) groups is 1. The Morgan fingerprint density at radius 3 is 2.56 bits per heavy atom. The molecule has 3 rings (SSSR count). The predicted octanol–water partition coefficient (Wildman–Crippen LogP) is 1.82. The zero-order valence-electron chi connectivity index (χ0n) is 14.8. The second-order valence-electron chi connectivity index (χ2n) is 6.37. The van der Waals surface area contributed by atoms with Gasteiger partial charge in [-0.25, -0.2) is 14.3 Å². The van der Waals surface area contributed by atoms with E-state index >= 15 is 0 Å². The average Bonchev–Trinajstić information content (AvgIpc) is 3.20. The molecule has 27 heavy (non-hydrogen) atoms. The van der Waals surface area contributed by atoms with Gasteiger partial charge in [-0.1, -0.05) is 0 Å². The van der Waals surface area contributed by atoms with Crippen LogP contribution in [-0.2, 0) is 24.5 Å². The third kappa shape index (κ3) is 3.92. The minimum Gasteiger partial charge on any atom is -0.463 e. The van der Waals surface area contributed by atoms with Crippen LogP contribution in [0.4, 0.5) is 13.2 Å². The van der Waals surface area contributed by atoms with Gasteiger partial charge in [0, 0.05) is 20.1 Å². The van der Waals surface area contributed by atoms with Crippen LogP contribution in [0.5, 0.6) is 0 Å². The number of hydrogen-bond donors (Lipinski definition) is 0. The van der Waals surface area contributed by atoms with Crippen molar-refractivity contribution in [2.24, 2.45) is 7.05 Å². The highest BCUT2D eigenvalue weighted by Gasteiger charge is 2.39. The summed E-state index contributed by atoms with van der Waals surface area (Å²) in [7, 11) is 2.33. The summed E-state index contributed by atoms with van der Waals surface area (Å²) < 4.78 is 50.2. The lowest BCUT2D eigenvalue weighted by molar-refractivity contribution is -0.147. The van der Waals surface area contributed by atoms with Gasteiger partial charge in [-0.2, -0.15) is 13.2 Å². The lowest BCUT2D eigenvalue weighted by atomic mass is 10.1. The molecule has 0 unspecified atom stereocenters. The first kappa shape index (κ1) is 19.2. The molecule has 0 saturated carbocycles. The molecule has 148 valence electrons. The molecule has 1 aliphatic rings. The molecule has 0 aromatic carbocycles. The first-order valence-corrected chi connectivity index (χ1v) is 8.33. The largest absolute Gasteiger partial charge is 0.463 e. The Labute approximate surface area is 152 Å². The number of nitrogens with zero attached hydrogens (tertiary/aromatic N) is 4. The molecule has 0 atom stereocenters. The van der Waals surface area contributed by atoms with Gasteiger partial charge >= 0.3 is 17.8 Å². The van der Waals surface area contributed by atoms with Gasteiger partial charge < -0.3 is 9.15 Å². The van der Waals surface area contributed by atoms with Gasteiger partial charge in [-0.05, 0) is 25.0 Å². The summed E-state index contributed by atoms with van der Waals surface area (Å²) in [5.41, 5.74) is -0.769. The quantitative estimate of drug-likeness (QED) is 0.743. The van der Waals surface area contributed by atoms with E-state index in [9.17, 15) is 22.8 Å². The highest BCUT2D eigenvalue weighted by Crippen LogP contribution is 2.28. The van der Waals surface area contributed by atoms with Gasteiger partial charge in [0.1, 0.15) is 5.76 Å². The predicted molar refractivity (Wildman–Crippen MR) is 86.1 cm³/mol. The Hall–Kier alpha value is -2.56. The second-order valence-corrected chi connectivity index (χ2v) is 6.37. The van der Waals surface area contributed by atoms with E-state index in [0.717, 1.165) is 11.7 Å². The van der Waals surface area contributed by atoms with Crippen LogP contribution < -0.4 is 5.69 Å². The molecule has 0 aliphatic carbocycles. The van der Waals surface area contributed by atoms with Crippen LogP contribution in [0.3, 0.4) is 0 Å². The summed E-state index contributed by atoms with van der Waals surface area (Å²) in [6, 6.07) is 2.82. The van der Waals surface area contributed by atoms with Crippen molar-refractivity contribution in [3.05, 3.63) is 40.0 Å². The van der Waals surface area contributed by atoms with Gasteiger partial charge in [-0.3, -0.25) is 9.47 Å². The first-order chi connectivity index (χ1) is 12.7. The molecule has 2 aromatic rings. The zero-order valence-corrected chi connectivity index (χ0v) is 14.8. The molecule has 0 spiro atoms. The molecule has 0 bridgehead atoms. The zero-order chi connectivity index (χ0) is 19.8. The Balaban J connectivity index is 1.63. The molecule has 0 amide bonds. The molecular formula is C16H19F3N4O4. The summed E-state index contributed by atoms with van der Waals surface area (Å²) >= 11 is 0. The van der Waals surface area contributed by atoms with Crippen molar-refractivity contribution in [2.75, 3.05) is 20.2 Å². The Kier molecular flexibility index (Phi) is 5.13. The van der Waals surface area contributed by atoms with E-state index in [-0.39, 0.29) is 5.76 Å². The third-order valence-electron chi connectivity index (χ3n) is 4.59. The number of rotatable bonds is 4. The Morgan fingerprint density at radius 1 is 1.33 bits per heavy atom. The van der Waals surface area contributed by atoms with Crippen LogP contribution in [0, 0.1) is 0 Å². The fourth-order valence-corrected chi connectivity index (χ4v) is 3.16. The summed E-state index contributed by atoms with van der Waals surface area (Å²) in [5.74, 6) is -1.05. The molecule has 3 heterocycles. The van der Waals surface area contributed by atoms with Gasteiger partial charge in [0.15, 0.2) is 0 Å². The van der Waals surface area contributed by atoms with Gasteiger partial charge in [0.25, 0.3) is 0 Å². The maximum atomic E-state index is 12.9. The van der Waals surface area contributed by atoms with Gasteiger partial charge in [-0.15, -0.1) is 5.10 Å². The number of furan rings is 1. The number of alkyl halides is 3. The van der Waals surface area contributed by atoms with Crippen molar-refractivity contribution in [3.8, 4) is 0 Å². The van der Waals surface area contributed by atoms with Crippen LogP contribution in [0.25, 0.3) is 0 Å². The monoisotopic (exact) mass is 388 g/mol. The SMILES string of the molecule is COC(=O)c1ccc(CN2CCC(n3nc(C(F)(F)F)n(C)c3=O)CC2)o1. The van der Waals surface area contributed by atoms with E-state index in [2.05, 4.69) is 9.84 Å². The summed E-state index contributed by atoms with van der Waals surface area (Å²) in [5, 5.41) is 3.50. The van der Waals surface area contributed by atoms with Crippen molar-refractivity contribution in [1.29, 1.82) is 0 Å². The van der Waals surface area contributed by atoms with Gasteiger partial charge in [0.05, 0.1) is 19.7 Å². The van der Waals surface area contributed by atoms with E-state index in [1.165, 1.54) is 13.2 Å². The summed E-state index contributed by atoms with van der Waals surface area (Å²) in [4.78, 5) is 25.5. The first-order valence-electron chi connectivity index (χ1n) is 8.33.